The van der Waals surface area contributed by atoms with E-state index in [1.165, 1.54) is 0 Å². The number of nitrogens with zero attached hydrogens (tertiary/aromatic N) is 2. The van der Waals surface area contributed by atoms with E-state index < -0.39 is 0 Å². The SMILES string of the molecule is C[C@H]1CNCCN1C(=O)c1ccc(-c2nc3ccccc3s2)o1. The van der Waals surface area contributed by atoms with Crippen molar-refractivity contribution in [2.75, 3.05) is 19.6 Å². The molecule has 1 aromatic carbocycles. The summed E-state index contributed by atoms with van der Waals surface area (Å²) in [7, 11) is 0. The molecule has 0 spiro atoms. The molecule has 1 amide bonds. The van der Waals surface area contributed by atoms with Crippen LogP contribution in [0.1, 0.15) is 17.5 Å². The van der Waals surface area contributed by atoms with Crippen molar-refractivity contribution in [1.82, 2.24) is 15.2 Å². The number of amides is 1. The average Bonchev–Trinajstić information content (AvgIpc) is 3.21. The molecule has 0 saturated carbocycles. The van der Waals surface area contributed by atoms with Crippen LogP contribution in [0.3, 0.4) is 0 Å². The van der Waals surface area contributed by atoms with Crippen LogP contribution in [0.2, 0.25) is 0 Å². The van der Waals surface area contributed by atoms with Crippen LogP contribution >= 0.6 is 11.3 Å². The summed E-state index contributed by atoms with van der Waals surface area (Å²) in [6.07, 6.45) is 0. The summed E-state index contributed by atoms with van der Waals surface area (Å²) >= 11 is 1.57. The molecule has 0 unspecified atom stereocenters. The molecule has 23 heavy (non-hydrogen) atoms. The molecule has 1 aliphatic rings. The molecule has 118 valence electrons. The van der Waals surface area contributed by atoms with Crippen molar-refractivity contribution in [2.45, 2.75) is 13.0 Å². The number of hydrogen-bond donors (Lipinski definition) is 1. The van der Waals surface area contributed by atoms with Gasteiger partial charge in [0.15, 0.2) is 16.5 Å². The summed E-state index contributed by atoms with van der Waals surface area (Å²) in [5, 5.41) is 4.09. The van der Waals surface area contributed by atoms with Gasteiger partial charge in [0.05, 0.1) is 10.2 Å². The van der Waals surface area contributed by atoms with E-state index >= 15 is 0 Å². The van der Waals surface area contributed by atoms with Crippen LogP contribution in [0.4, 0.5) is 0 Å². The topological polar surface area (TPSA) is 58.4 Å². The summed E-state index contributed by atoms with van der Waals surface area (Å²) in [6, 6.07) is 11.7. The first-order chi connectivity index (χ1) is 11.2. The van der Waals surface area contributed by atoms with Crippen molar-refractivity contribution in [3.05, 3.63) is 42.2 Å². The Hall–Kier alpha value is -2.18. The van der Waals surface area contributed by atoms with Crippen molar-refractivity contribution in [3.63, 3.8) is 0 Å². The summed E-state index contributed by atoms with van der Waals surface area (Å²) < 4.78 is 6.91. The van der Waals surface area contributed by atoms with Gasteiger partial charge in [-0.15, -0.1) is 11.3 Å². The fraction of sp³-hybridized carbons (Fsp3) is 0.294. The zero-order chi connectivity index (χ0) is 15.8. The number of hydrogen-bond acceptors (Lipinski definition) is 5. The summed E-state index contributed by atoms with van der Waals surface area (Å²) in [4.78, 5) is 19.0. The molecule has 3 heterocycles. The van der Waals surface area contributed by atoms with Crippen molar-refractivity contribution < 1.29 is 9.21 Å². The minimum Gasteiger partial charge on any atom is -0.448 e. The first-order valence-corrected chi connectivity index (χ1v) is 8.51. The highest BCUT2D eigenvalue weighted by Crippen LogP contribution is 2.31. The Kier molecular flexibility index (Phi) is 3.63. The molecular weight excluding hydrogens is 310 g/mol. The molecule has 1 aliphatic heterocycles. The minimum absolute atomic E-state index is 0.0497. The van der Waals surface area contributed by atoms with Crippen molar-refractivity contribution in [2.24, 2.45) is 0 Å². The lowest BCUT2D eigenvalue weighted by Gasteiger charge is -2.33. The summed E-state index contributed by atoms with van der Waals surface area (Å²) in [5.41, 5.74) is 0.951. The van der Waals surface area contributed by atoms with E-state index in [0.717, 1.165) is 28.3 Å². The Morgan fingerprint density at radius 1 is 1.35 bits per heavy atom. The van der Waals surface area contributed by atoms with Gasteiger partial charge in [0.1, 0.15) is 0 Å². The quantitative estimate of drug-likeness (QED) is 0.786. The highest BCUT2D eigenvalue weighted by atomic mass is 32.1. The van der Waals surface area contributed by atoms with E-state index in [1.807, 2.05) is 42.2 Å². The number of fused-ring (bicyclic) bond motifs is 1. The van der Waals surface area contributed by atoms with Crippen LogP contribution in [-0.4, -0.2) is 41.5 Å². The van der Waals surface area contributed by atoms with E-state index in [9.17, 15) is 4.79 Å². The summed E-state index contributed by atoms with van der Waals surface area (Å²) in [6.45, 7) is 4.39. The molecule has 3 aromatic rings. The Morgan fingerprint density at radius 3 is 3.04 bits per heavy atom. The van der Waals surface area contributed by atoms with Gasteiger partial charge in [0, 0.05) is 25.7 Å². The number of furan rings is 1. The molecule has 4 rings (SSSR count). The van der Waals surface area contributed by atoms with Crippen LogP contribution < -0.4 is 5.32 Å². The monoisotopic (exact) mass is 327 g/mol. The minimum atomic E-state index is -0.0497. The molecule has 6 heteroatoms. The Morgan fingerprint density at radius 2 is 2.22 bits per heavy atom. The number of carbonyl (C=O) groups excluding carboxylic acids is 1. The van der Waals surface area contributed by atoms with Gasteiger partial charge >= 0.3 is 0 Å². The highest BCUT2D eigenvalue weighted by Gasteiger charge is 2.26. The standard InChI is InChI=1S/C17H17N3O2S/c1-11-10-18-8-9-20(11)17(21)14-7-6-13(22-14)16-19-12-4-2-3-5-15(12)23-16/h2-7,11,18H,8-10H2,1H3/t11-/m0/s1. The van der Waals surface area contributed by atoms with Gasteiger partial charge in [-0.2, -0.15) is 0 Å². The van der Waals surface area contributed by atoms with E-state index in [1.54, 1.807) is 17.4 Å². The highest BCUT2D eigenvalue weighted by molar-refractivity contribution is 7.21. The smallest absolute Gasteiger partial charge is 0.289 e. The number of piperazine rings is 1. The zero-order valence-corrected chi connectivity index (χ0v) is 13.6. The molecule has 0 aliphatic carbocycles. The van der Waals surface area contributed by atoms with E-state index in [2.05, 4.69) is 10.3 Å². The number of aromatic nitrogens is 1. The molecule has 1 saturated heterocycles. The molecule has 5 nitrogen and oxygen atoms in total. The van der Waals surface area contributed by atoms with Gasteiger partial charge < -0.3 is 14.6 Å². The second-order valence-electron chi connectivity index (χ2n) is 5.70. The first kappa shape index (κ1) is 14.4. The van der Waals surface area contributed by atoms with Crippen molar-refractivity contribution in [3.8, 4) is 10.8 Å². The first-order valence-electron chi connectivity index (χ1n) is 7.70. The Balaban J connectivity index is 1.62. The second kappa shape index (κ2) is 5.79. The molecule has 1 N–H and O–H groups in total. The number of carbonyl (C=O) groups is 1. The predicted octanol–water partition coefficient (Wildman–Crippen LogP) is 2.99. The third kappa shape index (κ3) is 2.64. The van der Waals surface area contributed by atoms with Gasteiger partial charge in [-0.1, -0.05) is 12.1 Å². The molecule has 0 bridgehead atoms. The predicted molar refractivity (Wildman–Crippen MR) is 90.7 cm³/mol. The van der Waals surface area contributed by atoms with Gasteiger partial charge in [-0.3, -0.25) is 4.79 Å². The normalized spacial score (nSPS) is 18.5. The van der Waals surface area contributed by atoms with Gasteiger partial charge in [0.25, 0.3) is 5.91 Å². The zero-order valence-electron chi connectivity index (χ0n) is 12.8. The fourth-order valence-corrected chi connectivity index (χ4v) is 3.76. The van der Waals surface area contributed by atoms with Crippen LogP contribution in [0.15, 0.2) is 40.8 Å². The van der Waals surface area contributed by atoms with Crippen LogP contribution in [0.5, 0.6) is 0 Å². The van der Waals surface area contributed by atoms with Gasteiger partial charge in [-0.25, -0.2) is 4.98 Å². The molecular formula is C17H17N3O2S. The van der Waals surface area contributed by atoms with Crippen molar-refractivity contribution in [1.29, 1.82) is 0 Å². The third-order valence-electron chi connectivity index (χ3n) is 4.08. The number of rotatable bonds is 2. The maximum absolute atomic E-state index is 12.6. The van der Waals surface area contributed by atoms with Crippen LogP contribution in [0, 0.1) is 0 Å². The molecule has 0 radical (unpaired) electrons. The second-order valence-corrected chi connectivity index (χ2v) is 6.73. The Bertz CT molecular complexity index is 821. The molecule has 2 aromatic heterocycles. The Labute approximate surface area is 137 Å². The number of para-hydroxylation sites is 1. The van der Waals surface area contributed by atoms with Crippen LogP contribution in [-0.2, 0) is 0 Å². The van der Waals surface area contributed by atoms with E-state index in [-0.39, 0.29) is 11.9 Å². The average molecular weight is 327 g/mol. The van der Waals surface area contributed by atoms with E-state index in [4.69, 9.17) is 4.42 Å². The lowest BCUT2D eigenvalue weighted by molar-refractivity contribution is 0.0624. The fourth-order valence-electron chi connectivity index (χ4n) is 2.83. The third-order valence-corrected chi connectivity index (χ3v) is 5.13. The van der Waals surface area contributed by atoms with Gasteiger partial charge in [-0.05, 0) is 31.2 Å². The number of thiazole rings is 1. The number of nitrogens with one attached hydrogen (secondary N) is 1. The van der Waals surface area contributed by atoms with Crippen LogP contribution in [0.25, 0.3) is 21.0 Å². The van der Waals surface area contributed by atoms with E-state index in [0.29, 0.717) is 18.1 Å². The summed E-state index contributed by atoms with van der Waals surface area (Å²) in [5.74, 6) is 0.983. The lowest BCUT2D eigenvalue weighted by atomic mass is 10.2. The van der Waals surface area contributed by atoms with Crippen molar-refractivity contribution >= 4 is 27.5 Å². The maximum atomic E-state index is 12.6. The molecule has 1 atom stereocenters. The lowest BCUT2D eigenvalue weighted by Crippen LogP contribution is -2.52. The maximum Gasteiger partial charge on any atom is 0.289 e. The largest absolute Gasteiger partial charge is 0.448 e. The number of benzene rings is 1. The molecule has 1 fully saturated rings. The van der Waals surface area contributed by atoms with Gasteiger partial charge in [0.2, 0.25) is 0 Å².